The zero-order valence-electron chi connectivity index (χ0n) is 16.1. The highest BCUT2D eigenvalue weighted by molar-refractivity contribution is 6.34. The Bertz CT molecular complexity index is 1250. The van der Waals surface area contributed by atoms with Crippen LogP contribution in [0.1, 0.15) is 38.8 Å². The van der Waals surface area contributed by atoms with Crippen molar-refractivity contribution in [1.82, 2.24) is 15.0 Å². The van der Waals surface area contributed by atoms with Crippen molar-refractivity contribution in [2.75, 3.05) is 4.90 Å². The van der Waals surface area contributed by atoms with Gasteiger partial charge in [0, 0.05) is 0 Å². The number of hydrogen-bond donors (Lipinski definition) is 0. The fourth-order valence-corrected chi connectivity index (χ4v) is 3.69. The molecule has 2 heterocycles. The van der Waals surface area contributed by atoms with E-state index in [1.807, 2.05) is 25.1 Å². The molecule has 6 heteroatoms. The number of anilines is 1. The molecule has 3 aromatic carbocycles. The lowest BCUT2D eigenvalue weighted by Crippen LogP contribution is -2.30. The summed E-state index contributed by atoms with van der Waals surface area (Å²) in [4.78, 5) is 28.5. The van der Waals surface area contributed by atoms with Crippen molar-refractivity contribution in [3.8, 4) is 5.69 Å². The third-order valence-corrected chi connectivity index (χ3v) is 5.31. The molecule has 0 saturated heterocycles. The molecule has 0 N–H and O–H groups in total. The van der Waals surface area contributed by atoms with Crippen molar-refractivity contribution < 1.29 is 9.59 Å². The fourth-order valence-electron chi connectivity index (χ4n) is 3.69. The lowest BCUT2D eigenvalue weighted by Gasteiger charge is -2.16. The molecule has 142 valence electrons. The molecule has 4 aromatic rings. The normalized spacial score (nSPS) is 13.4. The molecular formula is C23H18N4O2. The van der Waals surface area contributed by atoms with Crippen molar-refractivity contribution >= 4 is 28.5 Å². The Morgan fingerprint density at radius 2 is 1.41 bits per heavy atom. The number of aryl methyl sites for hydroxylation is 2. The standard InChI is InChI=1S/C23H18N4O2/c1-3-15-8-10-16(11-9-15)27-24-19-12-14(2)21(13-20(19)25-27)26-22(28)17-6-4-5-7-18(17)23(26)29/h4-13H,3H2,1-2H3. The number of fused-ring (bicyclic) bond motifs is 2. The van der Waals surface area contributed by atoms with Crippen LogP contribution in [0.15, 0.2) is 60.7 Å². The molecule has 2 amide bonds. The summed E-state index contributed by atoms with van der Waals surface area (Å²) in [5, 5.41) is 9.13. The van der Waals surface area contributed by atoms with Crippen LogP contribution in [0.25, 0.3) is 16.7 Å². The summed E-state index contributed by atoms with van der Waals surface area (Å²) in [5.74, 6) is -0.619. The number of aromatic nitrogens is 3. The number of hydrogen-bond acceptors (Lipinski definition) is 4. The van der Waals surface area contributed by atoms with Gasteiger partial charge in [0.25, 0.3) is 11.8 Å². The van der Waals surface area contributed by atoms with E-state index in [0.717, 1.165) is 17.7 Å². The van der Waals surface area contributed by atoms with E-state index in [0.29, 0.717) is 27.8 Å². The van der Waals surface area contributed by atoms with E-state index in [1.54, 1.807) is 35.1 Å². The highest BCUT2D eigenvalue weighted by Crippen LogP contribution is 2.32. The smallest absolute Gasteiger partial charge is 0.266 e. The van der Waals surface area contributed by atoms with E-state index in [-0.39, 0.29) is 11.8 Å². The van der Waals surface area contributed by atoms with Crippen LogP contribution in [0, 0.1) is 6.92 Å². The lowest BCUT2D eigenvalue weighted by atomic mass is 10.1. The van der Waals surface area contributed by atoms with Crippen molar-refractivity contribution in [2.45, 2.75) is 20.3 Å². The maximum Gasteiger partial charge on any atom is 0.266 e. The Labute approximate surface area is 167 Å². The number of rotatable bonds is 3. The van der Waals surface area contributed by atoms with Crippen LogP contribution in [0.2, 0.25) is 0 Å². The molecular weight excluding hydrogens is 364 g/mol. The zero-order chi connectivity index (χ0) is 20.1. The molecule has 0 saturated carbocycles. The van der Waals surface area contributed by atoms with E-state index < -0.39 is 0 Å². The molecule has 6 nitrogen and oxygen atoms in total. The van der Waals surface area contributed by atoms with Gasteiger partial charge in [0.2, 0.25) is 0 Å². The first kappa shape index (κ1) is 17.3. The van der Waals surface area contributed by atoms with Gasteiger partial charge in [-0.05, 0) is 60.9 Å². The van der Waals surface area contributed by atoms with Crippen LogP contribution in [0.3, 0.4) is 0 Å². The molecule has 29 heavy (non-hydrogen) atoms. The van der Waals surface area contributed by atoms with E-state index in [9.17, 15) is 9.59 Å². The van der Waals surface area contributed by atoms with Gasteiger partial charge >= 0.3 is 0 Å². The number of benzene rings is 3. The van der Waals surface area contributed by atoms with Gasteiger partial charge in [-0.25, -0.2) is 4.90 Å². The van der Waals surface area contributed by atoms with E-state index in [1.165, 1.54) is 10.5 Å². The van der Waals surface area contributed by atoms with Gasteiger partial charge in [-0.3, -0.25) is 9.59 Å². The molecule has 0 bridgehead atoms. The third-order valence-electron chi connectivity index (χ3n) is 5.31. The molecule has 1 aliphatic heterocycles. The maximum absolute atomic E-state index is 12.8. The van der Waals surface area contributed by atoms with Crippen LogP contribution in [0.4, 0.5) is 5.69 Å². The number of imide groups is 1. The minimum absolute atomic E-state index is 0.310. The number of carbonyl (C=O) groups excluding carboxylic acids is 2. The summed E-state index contributed by atoms with van der Waals surface area (Å²) in [6.07, 6.45) is 0.970. The molecule has 0 unspecified atom stereocenters. The SMILES string of the molecule is CCc1ccc(-n2nc3cc(C)c(N4C(=O)c5ccccc5C4=O)cc3n2)cc1. The van der Waals surface area contributed by atoms with Crippen molar-refractivity contribution in [3.05, 3.63) is 82.9 Å². The summed E-state index contributed by atoms with van der Waals surface area (Å²) in [5.41, 5.74) is 5.63. The Kier molecular flexibility index (Phi) is 3.81. The van der Waals surface area contributed by atoms with Crippen LogP contribution in [0.5, 0.6) is 0 Å². The number of nitrogens with zero attached hydrogens (tertiary/aromatic N) is 4. The minimum Gasteiger partial charge on any atom is -0.268 e. The molecule has 0 aliphatic carbocycles. The topological polar surface area (TPSA) is 68.1 Å². The molecule has 5 rings (SSSR count). The van der Waals surface area contributed by atoms with Gasteiger partial charge in [-0.2, -0.15) is 4.80 Å². The fraction of sp³-hybridized carbons (Fsp3) is 0.130. The zero-order valence-corrected chi connectivity index (χ0v) is 16.1. The first-order chi connectivity index (χ1) is 14.1. The van der Waals surface area contributed by atoms with Crippen LogP contribution < -0.4 is 4.90 Å². The summed E-state index contributed by atoms with van der Waals surface area (Å²) < 4.78 is 0. The second-order valence-corrected chi connectivity index (χ2v) is 7.13. The van der Waals surface area contributed by atoms with Crippen LogP contribution in [-0.2, 0) is 6.42 Å². The summed E-state index contributed by atoms with van der Waals surface area (Å²) in [7, 11) is 0. The molecule has 0 spiro atoms. The van der Waals surface area contributed by atoms with E-state index in [2.05, 4.69) is 29.3 Å². The average Bonchev–Trinajstić information content (AvgIpc) is 3.26. The van der Waals surface area contributed by atoms with Crippen molar-refractivity contribution in [3.63, 3.8) is 0 Å². The maximum atomic E-state index is 12.8. The lowest BCUT2D eigenvalue weighted by molar-refractivity contribution is 0.0926. The monoisotopic (exact) mass is 382 g/mol. The average molecular weight is 382 g/mol. The number of amides is 2. The van der Waals surface area contributed by atoms with Crippen molar-refractivity contribution in [1.29, 1.82) is 0 Å². The Hall–Kier alpha value is -3.80. The highest BCUT2D eigenvalue weighted by atomic mass is 16.2. The van der Waals surface area contributed by atoms with Gasteiger partial charge in [0.15, 0.2) is 0 Å². The van der Waals surface area contributed by atoms with Crippen molar-refractivity contribution in [2.24, 2.45) is 0 Å². The minimum atomic E-state index is -0.310. The van der Waals surface area contributed by atoms with E-state index in [4.69, 9.17) is 0 Å². The predicted octanol–water partition coefficient (Wildman–Crippen LogP) is 4.09. The van der Waals surface area contributed by atoms with E-state index >= 15 is 0 Å². The van der Waals surface area contributed by atoms with Gasteiger partial charge in [-0.1, -0.05) is 31.2 Å². The predicted molar refractivity (Wildman–Crippen MR) is 111 cm³/mol. The molecule has 0 atom stereocenters. The molecule has 0 radical (unpaired) electrons. The third kappa shape index (κ3) is 2.64. The van der Waals surface area contributed by atoms with Gasteiger partial charge in [0.05, 0.1) is 22.5 Å². The first-order valence-electron chi connectivity index (χ1n) is 9.51. The second kappa shape index (κ2) is 6.38. The highest BCUT2D eigenvalue weighted by Gasteiger charge is 2.37. The van der Waals surface area contributed by atoms with Gasteiger partial charge in [0.1, 0.15) is 11.0 Å². The number of carbonyl (C=O) groups is 2. The Balaban J connectivity index is 1.59. The summed E-state index contributed by atoms with van der Waals surface area (Å²) in [6, 6.07) is 18.6. The van der Waals surface area contributed by atoms with Gasteiger partial charge in [-0.15, -0.1) is 10.2 Å². The quantitative estimate of drug-likeness (QED) is 0.501. The molecule has 0 fully saturated rings. The second-order valence-electron chi connectivity index (χ2n) is 7.13. The summed E-state index contributed by atoms with van der Waals surface area (Å²) >= 11 is 0. The largest absolute Gasteiger partial charge is 0.268 e. The van der Waals surface area contributed by atoms with Crippen LogP contribution >= 0.6 is 0 Å². The molecule has 1 aliphatic rings. The summed E-state index contributed by atoms with van der Waals surface area (Å²) in [6.45, 7) is 3.98. The first-order valence-corrected chi connectivity index (χ1v) is 9.51. The Morgan fingerprint density at radius 1 is 0.828 bits per heavy atom. The molecule has 1 aromatic heterocycles. The van der Waals surface area contributed by atoms with Gasteiger partial charge < -0.3 is 0 Å². The Morgan fingerprint density at radius 3 is 2.00 bits per heavy atom. The van der Waals surface area contributed by atoms with Crippen LogP contribution in [-0.4, -0.2) is 26.8 Å².